The first-order valence-electron chi connectivity index (χ1n) is 16.2. The lowest BCUT2D eigenvalue weighted by molar-refractivity contribution is 0.122. The molecular weight excluding hydrogens is 703 g/mol. The molecule has 0 saturated carbocycles. The van der Waals surface area contributed by atoms with Crippen LogP contribution in [0.2, 0.25) is 0 Å². The fourth-order valence-corrected chi connectivity index (χ4v) is 6.96. The third-order valence-corrected chi connectivity index (χ3v) is 10.4. The first kappa shape index (κ1) is 34.6. The van der Waals surface area contributed by atoms with E-state index in [0.29, 0.717) is 28.9 Å². The quantitative estimate of drug-likeness (QED) is 0.208. The SMILES string of the molecule is CS(=O)(=O)c1cccc(-c2cccn3nc(Nc4cccc(N5CCOCC5)c4)nc23)c1.CS(=O)(=O)c1cccc(Nc2nc3ccccn3n2)c1. The van der Waals surface area contributed by atoms with Gasteiger partial charge in [0, 0.05) is 60.6 Å². The Morgan fingerprint density at radius 3 is 2.00 bits per heavy atom. The molecule has 1 aliphatic heterocycles. The number of fused-ring (bicyclic) bond motifs is 2. The number of morpholine rings is 1. The zero-order valence-corrected chi connectivity index (χ0v) is 29.9. The molecule has 266 valence electrons. The minimum Gasteiger partial charge on any atom is -0.378 e. The molecule has 52 heavy (non-hydrogen) atoms. The topological polar surface area (TPSA) is 165 Å². The summed E-state index contributed by atoms with van der Waals surface area (Å²) in [6.07, 6.45) is 5.99. The Balaban J connectivity index is 0.000000180. The van der Waals surface area contributed by atoms with Gasteiger partial charge in [-0.15, -0.1) is 10.2 Å². The largest absolute Gasteiger partial charge is 0.378 e. The lowest BCUT2D eigenvalue weighted by atomic mass is 10.1. The maximum Gasteiger partial charge on any atom is 0.247 e. The molecule has 8 rings (SSSR count). The molecule has 1 fully saturated rings. The summed E-state index contributed by atoms with van der Waals surface area (Å²) < 4.78 is 55.8. The third kappa shape index (κ3) is 8.04. The van der Waals surface area contributed by atoms with Gasteiger partial charge in [0.25, 0.3) is 0 Å². The molecule has 0 spiro atoms. The number of sulfone groups is 2. The molecule has 1 aliphatic rings. The molecular formula is C36H35N9O5S2. The van der Waals surface area contributed by atoms with Gasteiger partial charge in [0.05, 0.1) is 23.0 Å². The van der Waals surface area contributed by atoms with E-state index in [1.54, 1.807) is 57.7 Å². The number of ether oxygens (including phenoxy) is 1. The molecule has 2 N–H and O–H groups in total. The Labute approximate surface area is 300 Å². The van der Waals surface area contributed by atoms with Gasteiger partial charge in [-0.3, -0.25) is 0 Å². The lowest BCUT2D eigenvalue weighted by Gasteiger charge is -2.29. The molecule has 0 atom stereocenters. The number of hydrogen-bond donors (Lipinski definition) is 2. The van der Waals surface area contributed by atoms with Crippen LogP contribution >= 0.6 is 0 Å². The van der Waals surface area contributed by atoms with Crippen LogP contribution in [0.15, 0.2) is 125 Å². The van der Waals surface area contributed by atoms with Gasteiger partial charge in [-0.05, 0) is 78.4 Å². The maximum atomic E-state index is 12.0. The molecule has 1 saturated heterocycles. The zero-order chi connectivity index (χ0) is 36.3. The molecule has 0 radical (unpaired) electrons. The maximum absolute atomic E-state index is 12.0. The number of pyridine rings is 2. The summed E-state index contributed by atoms with van der Waals surface area (Å²) in [5.74, 6) is 0.887. The lowest BCUT2D eigenvalue weighted by Crippen LogP contribution is -2.36. The predicted octanol–water partition coefficient (Wildman–Crippen LogP) is 5.26. The normalized spacial score (nSPS) is 13.5. The van der Waals surface area contributed by atoms with Crippen LogP contribution in [0.4, 0.5) is 29.0 Å². The van der Waals surface area contributed by atoms with Crippen LogP contribution in [-0.4, -0.2) is 84.8 Å². The molecule has 7 aromatic rings. The minimum atomic E-state index is -3.30. The van der Waals surface area contributed by atoms with E-state index in [-0.39, 0.29) is 9.79 Å². The van der Waals surface area contributed by atoms with Gasteiger partial charge in [-0.25, -0.2) is 25.9 Å². The summed E-state index contributed by atoms with van der Waals surface area (Å²) in [6, 6.07) is 30.9. The highest BCUT2D eigenvalue weighted by atomic mass is 32.2. The highest BCUT2D eigenvalue weighted by Crippen LogP contribution is 2.28. The number of benzene rings is 3. The number of nitrogens with one attached hydrogen (secondary N) is 2. The summed E-state index contributed by atoms with van der Waals surface area (Å²) in [7, 11) is -6.53. The Morgan fingerprint density at radius 1 is 0.635 bits per heavy atom. The molecule has 14 nitrogen and oxygen atoms in total. The van der Waals surface area contributed by atoms with Crippen molar-refractivity contribution in [1.29, 1.82) is 0 Å². The summed E-state index contributed by atoms with van der Waals surface area (Å²) in [5, 5.41) is 15.1. The van der Waals surface area contributed by atoms with Gasteiger partial charge < -0.3 is 20.3 Å². The molecule has 4 aromatic heterocycles. The fraction of sp³-hybridized carbons (Fsp3) is 0.167. The van der Waals surface area contributed by atoms with Gasteiger partial charge >= 0.3 is 0 Å². The highest BCUT2D eigenvalue weighted by molar-refractivity contribution is 7.91. The highest BCUT2D eigenvalue weighted by Gasteiger charge is 2.15. The van der Waals surface area contributed by atoms with Gasteiger partial charge in [0.1, 0.15) is 0 Å². The summed E-state index contributed by atoms with van der Waals surface area (Å²) in [4.78, 5) is 11.8. The van der Waals surface area contributed by atoms with Crippen LogP contribution in [-0.2, 0) is 24.4 Å². The van der Waals surface area contributed by atoms with E-state index in [4.69, 9.17) is 4.74 Å². The van der Waals surface area contributed by atoms with Crippen LogP contribution in [0.1, 0.15) is 0 Å². The minimum absolute atomic E-state index is 0.256. The summed E-state index contributed by atoms with van der Waals surface area (Å²) in [6.45, 7) is 3.20. The van der Waals surface area contributed by atoms with Gasteiger partial charge in [0.2, 0.25) is 11.9 Å². The molecule has 0 unspecified atom stereocenters. The van der Waals surface area contributed by atoms with Gasteiger partial charge in [-0.2, -0.15) is 9.97 Å². The van der Waals surface area contributed by atoms with E-state index >= 15 is 0 Å². The Bertz CT molecular complexity index is 2570. The molecule has 16 heteroatoms. The van der Waals surface area contributed by atoms with E-state index in [2.05, 4.69) is 47.8 Å². The zero-order valence-electron chi connectivity index (χ0n) is 28.3. The average molecular weight is 738 g/mol. The van der Waals surface area contributed by atoms with Crippen LogP contribution in [0.3, 0.4) is 0 Å². The molecule has 0 aliphatic carbocycles. The predicted molar refractivity (Wildman–Crippen MR) is 200 cm³/mol. The monoisotopic (exact) mass is 737 g/mol. The number of nitrogens with zero attached hydrogens (tertiary/aromatic N) is 7. The van der Waals surface area contributed by atoms with Crippen molar-refractivity contribution in [3.63, 3.8) is 0 Å². The van der Waals surface area contributed by atoms with Gasteiger partial charge in [0.15, 0.2) is 31.0 Å². The third-order valence-electron chi connectivity index (χ3n) is 8.17. The van der Waals surface area contributed by atoms with E-state index in [9.17, 15) is 16.8 Å². The standard InChI is InChI=1S/C23H23N5O3S.C13H12N4O2S/c1-32(29,30)20-8-2-5-17(15-20)21-9-4-10-28-22(21)25-23(26-28)24-18-6-3-7-19(16-18)27-11-13-31-14-12-27;1-20(18,19)11-6-4-5-10(9-11)14-13-15-12-7-2-3-8-17(12)16-13/h2-10,15-16H,11-14H2,1H3,(H,24,26);2-9H,1H3,(H,14,16). The first-order chi connectivity index (χ1) is 25.0. The first-order valence-corrected chi connectivity index (χ1v) is 20.0. The second kappa shape index (κ2) is 14.4. The van der Waals surface area contributed by atoms with Crippen molar-refractivity contribution in [2.45, 2.75) is 9.79 Å². The van der Waals surface area contributed by atoms with Crippen molar-refractivity contribution in [2.24, 2.45) is 0 Å². The fourth-order valence-electron chi connectivity index (χ4n) is 5.63. The number of hydrogen-bond acceptors (Lipinski definition) is 12. The average Bonchev–Trinajstić information content (AvgIpc) is 3.75. The van der Waals surface area contributed by atoms with E-state index < -0.39 is 19.7 Å². The number of rotatable bonds is 8. The second-order valence-corrected chi connectivity index (χ2v) is 16.1. The Kier molecular flexibility index (Phi) is 9.59. The number of anilines is 5. The van der Waals surface area contributed by atoms with E-state index in [0.717, 1.165) is 48.8 Å². The molecule has 3 aromatic carbocycles. The van der Waals surface area contributed by atoms with Crippen molar-refractivity contribution in [3.05, 3.63) is 116 Å². The van der Waals surface area contributed by atoms with Crippen molar-refractivity contribution >= 4 is 59.9 Å². The summed E-state index contributed by atoms with van der Waals surface area (Å²) >= 11 is 0. The molecule has 5 heterocycles. The molecule has 0 bridgehead atoms. The van der Waals surface area contributed by atoms with Crippen LogP contribution in [0, 0.1) is 0 Å². The Hall–Kier alpha value is -5.84. The second-order valence-electron chi connectivity index (χ2n) is 12.1. The van der Waals surface area contributed by atoms with E-state index in [1.807, 2.05) is 54.7 Å². The van der Waals surface area contributed by atoms with Crippen molar-refractivity contribution in [1.82, 2.24) is 29.2 Å². The van der Waals surface area contributed by atoms with Crippen molar-refractivity contribution in [3.8, 4) is 11.1 Å². The number of aromatic nitrogens is 6. The molecule has 0 amide bonds. The van der Waals surface area contributed by atoms with Crippen molar-refractivity contribution in [2.75, 3.05) is 54.3 Å². The van der Waals surface area contributed by atoms with Crippen LogP contribution in [0.5, 0.6) is 0 Å². The summed E-state index contributed by atoms with van der Waals surface area (Å²) in [5.41, 5.74) is 5.58. The van der Waals surface area contributed by atoms with Gasteiger partial charge in [-0.1, -0.05) is 30.3 Å². The van der Waals surface area contributed by atoms with Crippen LogP contribution < -0.4 is 15.5 Å². The smallest absolute Gasteiger partial charge is 0.247 e. The van der Waals surface area contributed by atoms with Crippen molar-refractivity contribution < 1.29 is 21.6 Å². The van der Waals surface area contributed by atoms with E-state index in [1.165, 1.54) is 12.5 Å². The Morgan fingerprint density at radius 2 is 1.27 bits per heavy atom. The van der Waals surface area contributed by atoms with Crippen LogP contribution in [0.25, 0.3) is 22.4 Å².